The first-order chi connectivity index (χ1) is 6.22. The van der Waals surface area contributed by atoms with Gasteiger partial charge in [-0.1, -0.05) is 0 Å². The van der Waals surface area contributed by atoms with Gasteiger partial charge in [-0.2, -0.15) is 13.1 Å². The maximum absolute atomic E-state index is 10.9. The standard InChI is InChI=1S/C5H10N2O6S/c1-3(7-14(11,12)13)5(10)6-2-4(8)9/h3,7H,2H2,1H3,(H,6,10)(H,8,9)(H,11,12,13). The van der Waals surface area contributed by atoms with Gasteiger partial charge >= 0.3 is 16.3 Å². The Morgan fingerprint density at radius 1 is 1.43 bits per heavy atom. The van der Waals surface area contributed by atoms with Crippen LogP contribution in [0.5, 0.6) is 0 Å². The predicted octanol–water partition coefficient (Wildman–Crippen LogP) is -2.03. The number of hydrogen-bond acceptors (Lipinski definition) is 4. The zero-order valence-corrected chi connectivity index (χ0v) is 8.04. The second-order valence-corrected chi connectivity index (χ2v) is 3.61. The van der Waals surface area contributed by atoms with Crippen LogP contribution in [0, 0.1) is 0 Å². The normalized spacial score (nSPS) is 13.3. The summed E-state index contributed by atoms with van der Waals surface area (Å²) >= 11 is 0. The highest BCUT2D eigenvalue weighted by atomic mass is 32.2. The van der Waals surface area contributed by atoms with Crippen molar-refractivity contribution in [2.45, 2.75) is 13.0 Å². The molecule has 0 spiro atoms. The van der Waals surface area contributed by atoms with Gasteiger partial charge in [0.15, 0.2) is 0 Å². The number of carboxylic acids is 1. The summed E-state index contributed by atoms with van der Waals surface area (Å²) in [6.45, 7) is 0.543. The Balaban J connectivity index is 4.07. The van der Waals surface area contributed by atoms with Gasteiger partial charge in [-0.05, 0) is 6.92 Å². The summed E-state index contributed by atoms with van der Waals surface area (Å²) in [5.41, 5.74) is 0. The Morgan fingerprint density at radius 2 is 1.93 bits per heavy atom. The van der Waals surface area contributed by atoms with Gasteiger partial charge in [0.05, 0.1) is 6.04 Å². The predicted molar refractivity (Wildman–Crippen MR) is 44.8 cm³/mol. The highest BCUT2D eigenvalue weighted by Gasteiger charge is 2.18. The van der Waals surface area contributed by atoms with E-state index in [1.54, 1.807) is 4.72 Å². The molecule has 0 aliphatic rings. The van der Waals surface area contributed by atoms with E-state index in [4.69, 9.17) is 9.66 Å². The number of rotatable bonds is 5. The van der Waals surface area contributed by atoms with Crippen molar-refractivity contribution in [2.75, 3.05) is 6.54 Å². The van der Waals surface area contributed by atoms with Crippen molar-refractivity contribution in [3.05, 3.63) is 0 Å². The SMILES string of the molecule is CC(NS(=O)(=O)O)C(=O)NCC(=O)O. The molecule has 0 heterocycles. The van der Waals surface area contributed by atoms with Crippen LogP contribution in [0.3, 0.4) is 0 Å². The molecule has 0 saturated heterocycles. The maximum atomic E-state index is 10.9. The van der Waals surface area contributed by atoms with Gasteiger partial charge in [-0.3, -0.25) is 14.1 Å². The lowest BCUT2D eigenvalue weighted by Crippen LogP contribution is -2.45. The van der Waals surface area contributed by atoms with E-state index >= 15 is 0 Å². The average molecular weight is 226 g/mol. The van der Waals surface area contributed by atoms with Gasteiger partial charge in [0.25, 0.3) is 0 Å². The number of nitrogens with one attached hydrogen (secondary N) is 2. The Labute approximate surface area is 80.2 Å². The van der Waals surface area contributed by atoms with Gasteiger partial charge in [0.1, 0.15) is 6.54 Å². The highest BCUT2D eigenvalue weighted by Crippen LogP contribution is 1.85. The number of aliphatic carboxylic acids is 1. The van der Waals surface area contributed by atoms with Crippen molar-refractivity contribution in [3.63, 3.8) is 0 Å². The van der Waals surface area contributed by atoms with Gasteiger partial charge in [0, 0.05) is 0 Å². The molecule has 14 heavy (non-hydrogen) atoms. The van der Waals surface area contributed by atoms with Crippen molar-refractivity contribution in [1.82, 2.24) is 10.0 Å². The Hall–Kier alpha value is -1.19. The van der Waals surface area contributed by atoms with E-state index in [9.17, 15) is 18.0 Å². The topological polar surface area (TPSA) is 133 Å². The van der Waals surface area contributed by atoms with Crippen LogP contribution in [-0.4, -0.2) is 42.5 Å². The molecule has 0 radical (unpaired) electrons. The minimum absolute atomic E-state index is 0.615. The monoisotopic (exact) mass is 226 g/mol. The van der Waals surface area contributed by atoms with Crippen LogP contribution in [0.25, 0.3) is 0 Å². The minimum atomic E-state index is -4.47. The van der Waals surface area contributed by atoms with Crippen molar-refractivity contribution >= 4 is 22.2 Å². The third kappa shape index (κ3) is 6.34. The molecule has 82 valence electrons. The number of carboxylic acid groups (broad SMARTS) is 1. The second kappa shape index (κ2) is 4.88. The lowest BCUT2D eigenvalue weighted by Gasteiger charge is -2.09. The molecule has 1 atom stereocenters. The van der Waals surface area contributed by atoms with E-state index in [-0.39, 0.29) is 0 Å². The molecule has 0 aromatic carbocycles. The highest BCUT2D eigenvalue weighted by molar-refractivity contribution is 7.83. The molecule has 0 aromatic rings. The summed E-state index contributed by atoms with van der Waals surface area (Å²) in [5, 5.41) is 10.1. The third-order valence-corrected chi connectivity index (χ3v) is 1.78. The molecule has 0 bridgehead atoms. The summed E-state index contributed by atoms with van der Waals surface area (Å²) in [6.07, 6.45) is 0. The molecule has 0 aromatic heterocycles. The fourth-order valence-corrected chi connectivity index (χ4v) is 1.15. The maximum Gasteiger partial charge on any atom is 0.334 e. The van der Waals surface area contributed by atoms with Gasteiger partial charge < -0.3 is 10.4 Å². The van der Waals surface area contributed by atoms with E-state index in [1.807, 2.05) is 5.32 Å². The van der Waals surface area contributed by atoms with Crippen LogP contribution in [0.15, 0.2) is 0 Å². The van der Waals surface area contributed by atoms with Gasteiger partial charge in [-0.15, -0.1) is 0 Å². The zero-order chi connectivity index (χ0) is 11.4. The Bertz CT molecular complexity index is 323. The first-order valence-corrected chi connectivity index (χ1v) is 4.90. The van der Waals surface area contributed by atoms with Crippen LogP contribution in [0.2, 0.25) is 0 Å². The van der Waals surface area contributed by atoms with Crippen molar-refractivity contribution < 1.29 is 27.7 Å². The molecule has 0 aliphatic carbocycles. The number of hydrogen-bond donors (Lipinski definition) is 4. The molecule has 0 fully saturated rings. The average Bonchev–Trinajstić information content (AvgIpc) is 1.96. The number of carbonyl (C=O) groups excluding carboxylic acids is 1. The lowest BCUT2D eigenvalue weighted by atomic mass is 10.3. The summed E-state index contributed by atoms with van der Waals surface area (Å²) in [4.78, 5) is 20.9. The van der Waals surface area contributed by atoms with Gasteiger partial charge in [0.2, 0.25) is 5.91 Å². The minimum Gasteiger partial charge on any atom is -0.480 e. The van der Waals surface area contributed by atoms with Crippen LogP contribution in [0.1, 0.15) is 6.92 Å². The Morgan fingerprint density at radius 3 is 2.29 bits per heavy atom. The van der Waals surface area contributed by atoms with Crippen LogP contribution < -0.4 is 10.0 Å². The molecule has 1 unspecified atom stereocenters. The zero-order valence-electron chi connectivity index (χ0n) is 7.22. The molecule has 1 amide bonds. The van der Waals surface area contributed by atoms with Crippen LogP contribution in [-0.2, 0) is 19.9 Å². The van der Waals surface area contributed by atoms with Crippen LogP contribution >= 0.6 is 0 Å². The van der Waals surface area contributed by atoms with Gasteiger partial charge in [-0.25, -0.2) is 0 Å². The van der Waals surface area contributed by atoms with Crippen molar-refractivity contribution in [2.24, 2.45) is 0 Å². The molecule has 0 saturated carbocycles. The molecule has 0 aliphatic heterocycles. The summed E-state index contributed by atoms with van der Waals surface area (Å²) in [6, 6.07) is -1.23. The van der Waals surface area contributed by atoms with E-state index in [0.717, 1.165) is 6.92 Å². The van der Waals surface area contributed by atoms with E-state index < -0.39 is 34.8 Å². The Kier molecular flexibility index (Phi) is 4.47. The molecule has 9 heteroatoms. The summed E-state index contributed by atoms with van der Waals surface area (Å²) in [7, 11) is -4.47. The largest absolute Gasteiger partial charge is 0.480 e. The van der Waals surface area contributed by atoms with Crippen LogP contribution in [0.4, 0.5) is 0 Å². The van der Waals surface area contributed by atoms with E-state index in [2.05, 4.69) is 0 Å². The van der Waals surface area contributed by atoms with E-state index in [1.165, 1.54) is 0 Å². The summed E-state index contributed by atoms with van der Waals surface area (Å²) in [5.74, 6) is -2.09. The fraction of sp³-hybridized carbons (Fsp3) is 0.600. The fourth-order valence-electron chi connectivity index (χ4n) is 0.593. The number of amides is 1. The first kappa shape index (κ1) is 12.8. The second-order valence-electron chi connectivity index (χ2n) is 2.43. The van der Waals surface area contributed by atoms with Crippen molar-refractivity contribution in [1.29, 1.82) is 0 Å². The smallest absolute Gasteiger partial charge is 0.334 e. The molecule has 4 N–H and O–H groups in total. The van der Waals surface area contributed by atoms with Crippen molar-refractivity contribution in [3.8, 4) is 0 Å². The third-order valence-electron chi connectivity index (χ3n) is 1.13. The molecular weight excluding hydrogens is 216 g/mol. The van der Waals surface area contributed by atoms with E-state index in [0.29, 0.717) is 0 Å². The molecule has 0 rings (SSSR count). The molecule has 8 nitrogen and oxygen atoms in total. The quantitative estimate of drug-likeness (QED) is 0.399. The lowest BCUT2D eigenvalue weighted by molar-refractivity contribution is -0.138. The summed E-state index contributed by atoms with van der Waals surface area (Å²) < 4.78 is 30.3. The first-order valence-electron chi connectivity index (χ1n) is 3.46. The number of carbonyl (C=O) groups is 2. The molecular formula is C5H10N2O6S.